The van der Waals surface area contributed by atoms with Crippen molar-refractivity contribution in [3.8, 4) is 0 Å². The van der Waals surface area contributed by atoms with E-state index in [1.54, 1.807) is 12.1 Å². The third-order valence-corrected chi connectivity index (χ3v) is 2.22. The highest BCUT2D eigenvalue weighted by Gasteiger charge is 2.34. The number of nitrogens with one attached hydrogen (secondary N) is 1. The number of aromatic nitrogens is 2. The second-order valence-corrected chi connectivity index (χ2v) is 3.54. The maximum Gasteiger partial charge on any atom is 0.433 e. The summed E-state index contributed by atoms with van der Waals surface area (Å²) in [6.45, 7) is 0. The molecule has 6 nitrogen and oxygen atoms in total. The lowest BCUT2D eigenvalue weighted by Gasteiger charge is -2.10. The Morgan fingerprint density at radius 2 is 1.95 bits per heavy atom. The van der Waals surface area contributed by atoms with Crippen molar-refractivity contribution in [3.05, 3.63) is 52.6 Å². The van der Waals surface area contributed by atoms with Crippen LogP contribution in [0.1, 0.15) is 5.69 Å². The van der Waals surface area contributed by atoms with Gasteiger partial charge in [0.05, 0.1) is 4.92 Å². The van der Waals surface area contributed by atoms with E-state index in [4.69, 9.17) is 0 Å². The largest absolute Gasteiger partial charge is 0.433 e. The van der Waals surface area contributed by atoms with Crippen LogP contribution < -0.4 is 5.43 Å². The van der Waals surface area contributed by atoms with E-state index in [2.05, 4.69) is 10.4 Å². The Balaban J connectivity index is 2.45. The molecule has 100 valence electrons. The fourth-order valence-corrected chi connectivity index (χ4v) is 1.39. The van der Waals surface area contributed by atoms with Gasteiger partial charge in [0, 0.05) is 18.5 Å². The summed E-state index contributed by atoms with van der Waals surface area (Å²) in [5.41, 5.74) is 0.452. The van der Waals surface area contributed by atoms with Crippen molar-refractivity contribution >= 4 is 11.4 Å². The molecule has 2 heterocycles. The molecule has 0 radical (unpaired) electrons. The maximum atomic E-state index is 12.5. The van der Waals surface area contributed by atoms with Crippen molar-refractivity contribution in [2.24, 2.45) is 0 Å². The molecular weight excluding hydrogens is 265 g/mol. The van der Waals surface area contributed by atoms with Gasteiger partial charge in [-0.05, 0) is 12.1 Å². The van der Waals surface area contributed by atoms with Crippen molar-refractivity contribution in [1.29, 1.82) is 0 Å². The Labute approximate surface area is 104 Å². The number of nitro groups is 1. The normalized spacial score (nSPS) is 11.3. The van der Waals surface area contributed by atoms with E-state index in [1.165, 1.54) is 17.1 Å². The van der Waals surface area contributed by atoms with Crippen molar-refractivity contribution in [2.75, 3.05) is 5.43 Å². The SMILES string of the molecule is O=[N+]([O-])c1cnc(C(F)(F)F)cc1Nn1cccc1. The summed E-state index contributed by atoms with van der Waals surface area (Å²) in [5, 5.41) is 10.7. The van der Waals surface area contributed by atoms with Gasteiger partial charge in [0.25, 0.3) is 0 Å². The van der Waals surface area contributed by atoms with Crippen LogP contribution in [0.15, 0.2) is 36.8 Å². The summed E-state index contributed by atoms with van der Waals surface area (Å²) in [7, 11) is 0. The number of hydrogen-bond donors (Lipinski definition) is 1. The minimum atomic E-state index is -4.66. The fraction of sp³-hybridized carbons (Fsp3) is 0.100. The highest BCUT2D eigenvalue weighted by molar-refractivity contribution is 5.60. The standard InChI is InChI=1S/C10H7F3N4O2/c11-10(12,13)9-5-7(8(6-14-9)17(18)19)15-16-3-1-2-4-16/h1-6H,(H,14,15). The number of rotatable bonds is 3. The highest BCUT2D eigenvalue weighted by Crippen LogP contribution is 2.32. The molecule has 0 atom stereocenters. The molecule has 0 aliphatic heterocycles. The molecule has 0 amide bonds. The molecule has 2 aromatic rings. The minimum Gasteiger partial charge on any atom is -0.288 e. The van der Waals surface area contributed by atoms with Gasteiger partial charge in [-0.25, -0.2) is 4.98 Å². The van der Waals surface area contributed by atoms with E-state index in [0.717, 1.165) is 0 Å². The van der Waals surface area contributed by atoms with Crippen molar-refractivity contribution < 1.29 is 18.1 Å². The first-order valence-electron chi connectivity index (χ1n) is 4.99. The number of halogens is 3. The van der Waals surface area contributed by atoms with Gasteiger partial charge in [-0.1, -0.05) is 0 Å². The van der Waals surface area contributed by atoms with Crippen LogP contribution in [0.25, 0.3) is 0 Å². The molecule has 0 saturated carbocycles. The molecule has 0 aromatic carbocycles. The topological polar surface area (TPSA) is 73.0 Å². The maximum absolute atomic E-state index is 12.5. The fourth-order valence-electron chi connectivity index (χ4n) is 1.39. The van der Waals surface area contributed by atoms with Gasteiger partial charge in [0.1, 0.15) is 17.6 Å². The van der Waals surface area contributed by atoms with Crippen molar-refractivity contribution in [1.82, 2.24) is 9.66 Å². The molecule has 0 saturated heterocycles. The first-order valence-corrected chi connectivity index (χ1v) is 4.99. The first-order chi connectivity index (χ1) is 8.88. The molecule has 0 aliphatic carbocycles. The molecule has 0 bridgehead atoms. The zero-order chi connectivity index (χ0) is 14.0. The third-order valence-electron chi connectivity index (χ3n) is 2.22. The summed E-state index contributed by atoms with van der Waals surface area (Å²) < 4.78 is 38.8. The highest BCUT2D eigenvalue weighted by atomic mass is 19.4. The van der Waals surface area contributed by atoms with Crippen LogP contribution in [0.4, 0.5) is 24.5 Å². The van der Waals surface area contributed by atoms with Gasteiger partial charge < -0.3 is 0 Å². The molecule has 0 fully saturated rings. The molecule has 2 rings (SSSR count). The van der Waals surface area contributed by atoms with Gasteiger partial charge in [-0.15, -0.1) is 0 Å². The van der Waals surface area contributed by atoms with Crippen LogP contribution in [0.5, 0.6) is 0 Å². The average molecular weight is 272 g/mol. The third kappa shape index (κ3) is 2.81. The molecule has 1 N–H and O–H groups in total. The van der Waals surface area contributed by atoms with Crippen molar-refractivity contribution in [3.63, 3.8) is 0 Å². The first kappa shape index (κ1) is 12.9. The summed E-state index contributed by atoms with van der Waals surface area (Å²) in [6.07, 6.45) is -1.09. The number of nitrogens with zero attached hydrogens (tertiary/aromatic N) is 3. The Kier molecular flexibility index (Phi) is 3.11. The zero-order valence-corrected chi connectivity index (χ0v) is 9.26. The lowest BCUT2D eigenvalue weighted by atomic mass is 10.3. The smallest absolute Gasteiger partial charge is 0.288 e. The van der Waals surface area contributed by atoms with Crippen LogP contribution in [0.3, 0.4) is 0 Å². The quantitative estimate of drug-likeness (QED) is 0.688. The van der Waals surface area contributed by atoms with Gasteiger partial charge in [-0.2, -0.15) is 13.2 Å². The van der Waals surface area contributed by atoms with Gasteiger partial charge >= 0.3 is 11.9 Å². The van der Waals surface area contributed by atoms with Crippen LogP contribution in [-0.4, -0.2) is 14.6 Å². The Bertz CT molecular complexity index is 595. The summed E-state index contributed by atoms with van der Waals surface area (Å²) in [4.78, 5) is 13.0. The van der Waals surface area contributed by atoms with E-state index in [9.17, 15) is 23.3 Å². The van der Waals surface area contributed by atoms with E-state index < -0.39 is 22.5 Å². The Hall–Kier alpha value is -2.58. The molecule has 2 aromatic heterocycles. The number of anilines is 1. The van der Waals surface area contributed by atoms with Crippen molar-refractivity contribution in [2.45, 2.75) is 6.18 Å². The number of hydrogen-bond acceptors (Lipinski definition) is 4. The van der Waals surface area contributed by atoms with Gasteiger partial charge in [0.2, 0.25) is 0 Å². The summed E-state index contributed by atoms with van der Waals surface area (Å²) in [6, 6.07) is 3.83. The van der Waals surface area contributed by atoms with Crippen LogP contribution in [0.2, 0.25) is 0 Å². The number of pyridine rings is 1. The minimum absolute atomic E-state index is 0.288. The van der Waals surface area contributed by atoms with E-state index >= 15 is 0 Å². The molecule has 9 heteroatoms. The molecule has 0 spiro atoms. The van der Waals surface area contributed by atoms with E-state index in [1.807, 2.05) is 0 Å². The molecule has 0 unspecified atom stereocenters. The van der Waals surface area contributed by atoms with E-state index in [-0.39, 0.29) is 5.69 Å². The lowest BCUT2D eigenvalue weighted by molar-refractivity contribution is -0.384. The predicted molar refractivity (Wildman–Crippen MR) is 59.3 cm³/mol. The summed E-state index contributed by atoms with van der Waals surface area (Å²) >= 11 is 0. The molecule has 0 aliphatic rings. The molecule has 19 heavy (non-hydrogen) atoms. The summed E-state index contributed by atoms with van der Waals surface area (Å²) in [5.74, 6) is 0. The predicted octanol–water partition coefficient (Wildman–Crippen LogP) is 2.69. The van der Waals surface area contributed by atoms with Gasteiger partial charge in [-0.3, -0.25) is 20.2 Å². The Morgan fingerprint density at radius 1 is 1.32 bits per heavy atom. The van der Waals surface area contributed by atoms with Crippen LogP contribution >= 0.6 is 0 Å². The van der Waals surface area contributed by atoms with Crippen LogP contribution in [-0.2, 0) is 6.18 Å². The average Bonchev–Trinajstić information content (AvgIpc) is 2.80. The monoisotopic (exact) mass is 272 g/mol. The zero-order valence-electron chi connectivity index (χ0n) is 9.26. The second-order valence-electron chi connectivity index (χ2n) is 3.54. The van der Waals surface area contributed by atoms with Crippen LogP contribution in [0, 0.1) is 10.1 Å². The second kappa shape index (κ2) is 4.59. The molecular formula is C10H7F3N4O2. The number of alkyl halides is 3. The van der Waals surface area contributed by atoms with Gasteiger partial charge in [0.15, 0.2) is 0 Å². The Morgan fingerprint density at radius 3 is 2.47 bits per heavy atom. The van der Waals surface area contributed by atoms with E-state index in [0.29, 0.717) is 12.3 Å². The lowest BCUT2D eigenvalue weighted by Crippen LogP contribution is -2.13.